The number of carboxylic acid groups (broad SMARTS) is 1. The molecule has 2 rings (SSSR count). The standard InChI is InChI=1S/C12H15NO6S2/c14-12(15)10-2-1-3-11(6-10)21(18,19)13-7-9-4-5-20(16,17)8-9/h1-3,6,9,13H,4-5,7-8H2,(H,14,15). The van der Waals surface area contributed by atoms with Crippen LogP contribution in [0.5, 0.6) is 0 Å². The number of hydrogen-bond donors (Lipinski definition) is 2. The Hall–Kier alpha value is -1.45. The average molecular weight is 333 g/mol. The summed E-state index contributed by atoms with van der Waals surface area (Å²) in [4.78, 5) is 10.7. The molecular formula is C12H15NO6S2. The van der Waals surface area contributed by atoms with E-state index >= 15 is 0 Å². The van der Waals surface area contributed by atoms with Crippen LogP contribution in [0.25, 0.3) is 0 Å². The van der Waals surface area contributed by atoms with Gasteiger partial charge in [-0.2, -0.15) is 0 Å². The largest absolute Gasteiger partial charge is 0.478 e. The maximum Gasteiger partial charge on any atom is 0.335 e. The van der Waals surface area contributed by atoms with Gasteiger partial charge < -0.3 is 5.11 Å². The molecule has 1 atom stereocenters. The fraction of sp³-hybridized carbons (Fsp3) is 0.417. The van der Waals surface area contributed by atoms with E-state index in [-0.39, 0.29) is 34.4 Å². The lowest BCUT2D eigenvalue weighted by Crippen LogP contribution is -2.30. The summed E-state index contributed by atoms with van der Waals surface area (Å²) in [6.45, 7) is 0.0266. The Balaban J connectivity index is 2.09. The summed E-state index contributed by atoms with van der Waals surface area (Å²) in [7, 11) is -6.91. The molecule has 1 aromatic rings. The number of benzene rings is 1. The van der Waals surface area contributed by atoms with E-state index in [1.165, 1.54) is 18.2 Å². The Morgan fingerprint density at radius 3 is 2.67 bits per heavy atom. The van der Waals surface area contributed by atoms with E-state index in [9.17, 15) is 21.6 Å². The van der Waals surface area contributed by atoms with Gasteiger partial charge in [-0.25, -0.2) is 26.4 Å². The molecule has 0 amide bonds. The molecule has 9 heteroatoms. The van der Waals surface area contributed by atoms with Gasteiger partial charge in [-0.3, -0.25) is 0 Å². The van der Waals surface area contributed by atoms with Crippen molar-refractivity contribution in [3.8, 4) is 0 Å². The number of nitrogens with one attached hydrogen (secondary N) is 1. The van der Waals surface area contributed by atoms with Crippen molar-refractivity contribution in [1.82, 2.24) is 4.72 Å². The summed E-state index contributed by atoms with van der Waals surface area (Å²) in [6.07, 6.45) is 0.431. The molecule has 21 heavy (non-hydrogen) atoms. The molecule has 0 spiro atoms. The molecule has 1 aliphatic rings. The van der Waals surface area contributed by atoms with E-state index in [2.05, 4.69) is 4.72 Å². The van der Waals surface area contributed by atoms with Crippen LogP contribution in [0, 0.1) is 5.92 Å². The van der Waals surface area contributed by atoms with Crippen LogP contribution in [0.1, 0.15) is 16.8 Å². The molecule has 7 nitrogen and oxygen atoms in total. The van der Waals surface area contributed by atoms with Gasteiger partial charge in [0.15, 0.2) is 9.84 Å². The van der Waals surface area contributed by atoms with Crippen molar-refractivity contribution >= 4 is 25.8 Å². The van der Waals surface area contributed by atoms with Gasteiger partial charge in [0, 0.05) is 6.54 Å². The topological polar surface area (TPSA) is 118 Å². The third kappa shape index (κ3) is 4.02. The summed E-state index contributed by atoms with van der Waals surface area (Å²) in [5.74, 6) is -1.40. The summed E-state index contributed by atoms with van der Waals surface area (Å²) in [5.41, 5.74) is -0.124. The van der Waals surface area contributed by atoms with Gasteiger partial charge in [0.1, 0.15) is 0 Å². The Bertz CT molecular complexity index is 754. The highest BCUT2D eigenvalue weighted by molar-refractivity contribution is 7.91. The second-order valence-electron chi connectivity index (χ2n) is 4.95. The Labute approximate surface area is 123 Å². The number of carbonyl (C=O) groups is 1. The molecule has 116 valence electrons. The predicted octanol–water partition coefficient (Wildman–Crippen LogP) is 0.0978. The summed E-state index contributed by atoms with van der Waals surface area (Å²) in [6, 6.07) is 5.00. The van der Waals surface area contributed by atoms with Crippen molar-refractivity contribution in [3.05, 3.63) is 29.8 Å². The van der Waals surface area contributed by atoms with Crippen molar-refractivity contribution in [2.24, 2.45) is 5.92 Å². The Kier molecular flexibility index (Phi) is 4.35. The highest BCUT2D eigenvalue weighted by Crippen LogP contribution is 2.18. The number of hydrogen-bond acceptors (Lipinski definition) is 5. The third-order valence-electron chi connectivity index (χ3n) is 3.28. The fourth-order valence-electron chi connectivity index (χ4n) is 2.14. The summed E-state index contributed by atoms with van der Waals surface area (Å²) in [5, 5.41) is 8.85. The van der Waals surface area contributed by atoms with Crippen LogP contribution in [0.2, 0.25) is 0 Å². The zero-order valence-corrected chi connectivity index (χ0v) is 12.7. The first-order valence-corrected chi connectivity index (χ1v) is 9.53. The van der Waals surface area contributed by atoms with E-state index in [4.69, 9.17) is 5.11 Å². The van der Waals surface area contributed by atoms with Gasteiger partial charge in [0.05, 0.1) is 22.0 Å². The van der Waals surface area contributed by atoms with Crippen molar-refractivity contribution < 1.29 is 26.7 Å². The normalized spacial score (nSPS) is 21.2. The second kappa shape index (κ2) is 5.74. The third-order valence-corrected chi connectivity index (χ3v) is 6.54. The maximum atomic E-state index is 12.1. The smallest absolute Gasteiger partial charge is 0.335 e. The zero-order chi connectivity index (χ0) is 15.7. The van der Waals surface area contributed by atoms with Gasteiger partial charge in [-0.05, 0) is 30.5 Å². The Morgan fingerprint density at radius 1 is 1.38 bits per heavy atom. The van der Waals surface area contributed by atoms with Crippen LogP contribution in [0.3, 0.4) is 0 Å². The molecule has 0 aromatic heterocycles. The van der Waals surface area contributed by atoms with Crippen LogP contribution in [-0.4, -0.2) is 46.0 Å². The number of sulfone groups is 1. The molecule has 1 unspecified atom stereocenters. The lowest BCUT2D eigenvalue weighted by Gasteiger charge is -2.10. The monoisotopic (exact) mass is 333 g/mol. The van der Waals surface area contributed by atoms with Crippen molar-refractivity contribution in [1.29, 1.82) is 0 Å². The van der Waals surface area contributed by atoms with Gasteiger partial charge in [0.25, 0.3) is 0 Å². The molecule has 0 saturated carbocycles. The molecule has 1 saturated heterocycles. The lowest BCUT2D eigenvalue weighted by molar-refractivity contribution is 0.0696. The van der Waals surface area contributed by atoms with Gasteiger partial charge >= 0.3 is 5.97 Å². The van der Waals surface area contributed by atoms with Gasteiger partial charge in [-0.15, -0.1) is 0 Å². The maximum absolute atomic E-state index is 12.1. The highest BCUT2D eigenvalue weighted by atomic mass is 32.2. The van der Waals surface area contributed by atoms with Crippen LogP contribution in [0.4, 0.5) is 0 Å². The number of rotatable bonds is 5. The first-order chi connectivity index (χ1) is 9.70. The van der Waals surface area contributed by atoms with Crippen LogP contribution in [0.15, 0.2) is 29.2 Å². The minimum absolute atomic E-state index is 0.0231. The fourth-order valence-corrected chi connectivity index (χ4v) is 5.16. The van der Waals surface area contributed by atoms with Crippen LogP contribution >= 0.6 is 0 Å². The minimum Gasteiger partial charge on any atom is -0.478 e. The average Bonchev–Trinajstić information content (AvgIpc) is 2.76. The van der Waals surface area contributed by atoms with E-state index in [0.717, 1.165) is 6.07 Å². The Morgan fingerprint density at radius 2 is 2.10 bits per heavy atom. The minimum atomic E-state index is -3.85. The molecule has 1 fully saturated rings. The van der Waals surface area contributed by atoms with Crippen LogP contribution in [-0.2, 0) is 19.9 Å². The number of aromatic carboxylic acids is 1. The van der Waals surface area contributed by atoms with Crippen molar-refractivity contribution in [3.63, 3.8) is 0 Å². The molecule has 1 aliphatic heterocycles. The molecule has 0 bridgehead atoms. The lowest BCUT2D eigenvalue weighted by atomic mass is 10.1. The first-order valence-electron chi connectivity index (χ1n) is 6.23. The molecule has 2 N–H and O–H groups in total. The number of sulfonamides is 1. The first kappa shape index (κ1) is 15.9. The van der Waals surface area contributed by atoms with E-state index in [0.29, 0.717) is 6.42 Å². The second-order valence-corrected chi connectivity index (χ2v) is 8.95. The molecule has 0 aliphatic carbocycles. The molecule has 1 heterocycles. The summed E-state index contributed by atoms with van der Waals surface area (Å²) >= 11 is 0. The van der Waals surface area contributed by atoms with Crippen molar-refractivity contribution in [2.45, 2.75) is 11.3 Å². The summed E-state index contributed by atoms with van der Waals surface area (Å²) < 4.78 is 49.1. The zero-order valence-electron chi connectivity index (χ0n) is 11.0. The molecule has 0 radical (unpaired) electrons. The van der Waals surface area contributed by atoms with E-state index in [1.807, 2.05) is 0 Å². The van der Waals surface area contributed by atoms with Gasteiger partial charge in [-0.1, -0.05) is 6.07 Å². The van der Waals surface area contributed by atoms with Crippen molar-refractivity contribution in [2.75, 3.05) is 18.1 Å². The predicted molar refractivity (Wildman–Crippen MR) is 75.4 cm³/mol. The van der Waals surface area contributed by atoms with E-state index in [1.54, 1.807) is 0 Å². The number of carboxylic acids is 1. The van der Waals surface area contributed by atoms with E-state index < -0.39 is 25.8 Å². The molecule has 1 aromatic carbocycles. The highest BCUT2D eigenvalue weighted by Gasteiger charge is 2.29. The quantitative estimate of drug-likeness (QED) is 0.789. The molecular weight excluding hydrogens is 318 g/mol. The SMILES string of the molecule is O=C(O)c1cccc(S(=O)(=O)NCC2CCS(=O)(=O)C2)c1. The van der Waals surface area contributed by atoms with Gasteiger partial charge in [0.2, 0.25) is 10.0 Å². The van der Waals surface area contributed by atoms with Crippen LogP contribution < -0.4 is 4.72 Å².